The number of aromatic nitrogens is 3. The molecular formula is C32H29F6N7O4S. The highest BCUT2D eigenvalue weighted by Gasteiger charge is 2.34. The number of alkyl halides is 6. The van der Waals surface area contributed by atoms with Crippen LogP contribution in [0.4, 0.5) is 48.2 Å². The van der Waals surface area contributed by atoms with Crippen LogP contribution in [0.25, 0.3) is 17.1 Å². The molecule has 0 unspecified atom stereocenters. The van der Waals surface area contributed by atoms with Crippen molar-refractivity contribution in [3.8, 4) is 28.6 Å². The number of anilines is 3. The summed E-state index contributed by atoms with van der Waals surface area (Å²) < 4.78 is 86.6. The average Bonchev–Trinajstić information content (AvgIpc) is 3.67. The second-order valence-corrected chi connectivity index (χ2v) is 11.8. The zero-order chi connectivity index (χ0) is 36.2. The van der Waals surface area contributed by atoms with E-state index in [9.17, 15) is 35.9 Å². The summed E-state index contributed by atoms with van der Waals surface area (Å²) in [4.78, 5) is 37.5. The molecule has 0 bridgehead atoms. The molecule has 0 atom stereocenters. The molecule has 1 fully saturated rings. The Hall–Kier alpha value is -5.26. The van der Waals surface area contributed by atoms with Gasteiger partial charge in [0.25, 0.3) is 0 Å². The Morgan fingerprint density at radius 2 is 1.78 bits per heavy atom. The van der Waals surface area contributed by atoms with Crippen LogP contribution >= 0.6 is 11.8 Å². The lowest BCUT2D eigenvalue weighted by Crippen LogP contribution is -2.31. The molecule has 2 heterocycles. The molecule has 11 nitrogen and oxygen atoms in total. The molecule has 1 saturated heterocycles. The van der Waals surface area contributed by atoms with Crippen LogP contribution < -0.4 is 24.6 Å². The number of benzene rings is 3. The number of amides is 3. The van der Waals surface area contributed by atoms with E-state index in [2.05, 4.69) is 25.1 Å². The minimum absolute atomic E-state index is 0.0199. The molecule has 50 heavy (non-hydrogen) atoms. The molecule has 0 spiro atoms. The first-order chi connectivity index (χ1) is 23.6. The highest BCUT2D eigenvalue weighted by atomic mass is 32.2. The summed E-state index contributed by atoms with van der Waals surface area (Å²) in [6, 6.07) is 14.0. The molecule has 3 amide bonds. The maximum atomic E-state index is 13.2. The number of carbonyl (C=O) groups is 2. The number of nitrogens with zero attached hydrogens (tertiary/aromatic N) is 6. The first kappa shape index (κ1) is 36.0. The van der Waals surface area contributed by atoms with Crippen molar-refractivity contribution in [3.05, 3.63) is 72.6 Å². The number of thioether (sulfide) groups is 1. The van der Waals surface area contributed by atoms with E-state index in [1.807, 2.05) is 6.92 Å². The Bertz CT molecular complexity index is 1900. The molecule has 0 saturated carbocycles. The number of rotatable bonds is 10. The van der Waals surface area contributed by atoms with Crippen molar-refractivity contribution in [2.45, 2.75) is 32.3 Å². The Balaban J connectivity index is 1.34. The number of amidine groups is 1. The average molecular weight is 722 g/mol. The first-order valence-corrected chi connectivity index (χ1v) is 15.9. The second kappa shape index (κ2) is 14.7. The first-order valence-electron chi connectivity index (χ1n) is 14.9. The van der Waals surface area contributed by atoms with Crippen LogP contribution in [-0.4, -0.2) is 70.9 Å². The van der Waals surface area contributed by atoms with E-state index < -0.39 is 37.5 Å². The van der Waals surface area contributed by atoms with Crippen molar-refractivity contribution in [1.29, 1.82) is 0 Å². The van der Waals surface area contributed by atoms with E-state index in [1.54, 1.807) is 49.3 Å². The summed E-state index contributed by atoms with van der Waals surface area (Å²) in [6.07, 6.45) is -8.55. The van der Waals surface area contributed by atoms with Gasteiger partial charge in [-0.2, -0.15) is 18.2 Å². The molecule has 18 heteroatoms. The fourth-order valence-electron chi connectivity index (χ4n) is 4.74. The largest absolute Gasteiger partial charge is 0.573 e. The van der Waals surface area contributed by atoms with Crippen molar-refractivity contribution in [1.82, 2.24) is 14.8 Å². The molecule has 0 aliphatic carbocycles. The predicted molar refractivity (Wildman–Crippen MR) is 176 cm³/mol. The number of aryl methyl sites for hydroxylation is 1. The summed E-state index contributed by atoms with van der Waals surface area (Å²) in [5, 5.41) is 7.15. The van der Waals surface area contributed by atoms with Gasteiger partial charge < -0.3 is 19.7 Å². The number of ether oxygens (including phenoxy) is 2. The van der Waals surface area contributed by atoms with Crippen LogP contribution in [0.5, 0.6) is 11.5 Å². The van der Waals surface area contributed by atoms with E-state index >= 15 is 0 Å². The lowest BCUT2D eigenvalue weighted by Gasteiger charge is -2.23. The van der Waals surface area contributed by atoms with E-state index in [4.69, 9.17) is 4.74 Å². The maximum Gasteiger partial charge on any atom is 0.573 e. The third kappa shape index (κ3) is 9.04. The Kier molecular flexibility index (Phi) is 10.6. The molecule has 4 aromatic rings. The normalized spacial score (nSPS) is 14.3. The van der Waals surface area contributed by atoms with Gasteiger partial charge in [0.15, 0.2) is 11.0 Å². The van der Waals surface area contributed by atoms with E-state index in [0.717, 1.165) is 28.8 Å². The minimum atomic E-state index is -4.81. The monoisotopic (exact) mass is 721 g/mol. The summed E-state index contributed by atoms with van der Waals surface area (Å²) in [5.74, 6) is -0.524. The van der Waals surface area contributed by atoms with Gasteiger partial charge in [-0.05, 0) is 72.6 Å². The predicted octanol–water partition coefficient (Wildman–Crippen LogP) is 7.46. The molecule has 264 valence electrons. The number of hydrogen-bond donors (Lipinski definition) is 1. The lowest BCUT2D eigenvalue weighted by molar-refractivity contribution is -0.274. The van der Waals surface area contributed by atoms with Crippen LogP contribution in [0.2, 0.25) is 0 Å². The second-order valence-electron chi connectivity index (χ2n) is 10.9. The number of aliphatic imine (C=N–C) groups is 1. The van der Waals surface area contributed by atoms with Gasteiger partial charge >= 0.3 is 18.6 Å². The van der Waals surface area contributed by atoms with Gasteiger partial charge in [0.05, 0.1) is 30.2 Å². The minimum Gasteiger partial charge on any atom is -0.491 e. The summed E-state index contributed by atoms with van der Waals surface area (Å²) >= 11 is 0.997. The summed E-state index contributed by atoms with van der Waals surface area (Å²) in [5.41, 5.74) is 2.96. The van der Waals surface area contributed by atoms with Gasteiger partial charge in [0.2, 0.25) is 5.91 Å². The van der Waals surface area contributed by atoms with Gasteiger partial charge in [-0.15, -0.1) is 18.3 Å². The van der Waals surface area contributed by atoms with Crippen LogP contribution in [0.15, 0.2) is 72.0 Å². The Morgan fingerprint density at radius 1 is 1.04 bits per heavy atom. The number of nitrogens with one attached hydrogen (secondary N) is 1. The zero-order valence-electron chi connectivity index (χ0n) is 26.7. The summed E-state index contributed by atoms with van der Waals surface area (Å²) in [6.45, 7) is 1.20. The van der Waals surface area contributed by atoms with Gasteiger partial charge in [-0.3, -0.25) is 9.69 Å². The van der Waals surface area contributed by atoms with Crippen LogP contribution in [0.1, 0.15) is 18.9 Å². The fraction of sp³-hybridized carbons (Fsp3) is 0.281. The van der Waals surface area contributed by atoms with E-state index in [0.29, 0.717) is 40.4 Å². The van der Waals surface area contributed by atoms with Crippen LogP contribution in [0.3, 0.4) is 0 Å². The van der Waals surface area contributed by atoms with Gasteiger partial charge in [0, 0.05) is 31.0 Å². The van der Waals surface area contributed by atoms with Crippen molar-refractivity contribution in [2.24, 2.45) is 4.99 Å². The zero-order valence-corrected chi connectivity index (χ0v) is 27.5. The maximum absolute atomic E-state index is 13.2. The molecule has 1 aliphatic rings. The molecular weight excluding hydrogens is 692 g/mol. The van der Waals surface area contributed by atoms with Crippen molar-refractivity contribution < 1.29 is 45.4 Å². The van der Waals surface area contributed by atoms with Crippen molar-refractivity contribution in [3.63, 3.8) is 0 Å². The fourth-order valence-corrected chi connectivity index (χ4v) is 5.60. The smallest absolute Gasteiger partial charge is 0.491 e. The van der Waals surface area contributed by atoms with Gasteiger partial charge in [-0.25, -0.2) is 14.5 Å². The van der Waals surface area contributed by atoms with E-state index in [1.165, 1.54) is 29.2 Å². The molecule has 5 rings (SSSR count). The highest BCUT2D eigenvalue weighted by Crippen LogP contribution is 2.38. The third-order valence-electron chi connectivity index (χ3n) is 7.12. The standard InChI is InChI=1S/C32H29F6N7O4S/c1-4-19-15-20(28-39-18-44(42-28)21-6-9-23(10-7-21)49-32(36,37)38)5-11-24(19)40-29(47)41-30-45(27(46)17-50-30)25-16-22(43(2)3)8-12-26(25)48-14-13-31(33,34)35/h5-12,15-16,18H,4,13-14,17H2,1-3H3,(H,40,47). The van der Waals surface area contributed by atoms with Crippen LogP contribution in [0, 0.1) is 0 Å². The van der Waals surface area contributed by atoms with Gasteiger partial charge in [0.1, 0.15) is 17.8 Å². The SMILES string of the molecule is CCc1cc(-c2ncn(-c3ccc(OC(F)(F)F)cc3)n2)ccc1NC(=O)N=C1SCC(=O)N1c1cc(N(C)C)ccc1OCCC(F)(F)F. The molecule has 3 aromatic carbocycles. The molecule has 0 radical (unpaired) electrons. The molecule has 1 N–H and O–H groups in total. The van der Waals surface area contributed by atoms with Crippen LogP contribution in [-0.2, 0) is 11.2 Å². The number of halogens is 6. The number of urea groups is 1. The molecule has 1 aromatic heterocycles. The lowest BCUT2D eigenvalue weighted by atomic mass is 10.1. The van der Waals surface area contributed by atoms with Gasteiger partial charge in [-0.1, -0.05) is 18.7 Å². The van der Waals surface area contributed by atoms with E-state index in [-0.39, 0.29) is 28.1 Å². The summed E-state index contributed by atoms with van der Waals surface area (Å²) in [7, 11) is 3.51. The topological polar surface area (TPSA) is 114 Å². The molecule has 1 aliphatic heterocycles. The Labute approximate surface area is 285 Å². The number of hydrogen-bond acceptors (Lipinski definition) is 8. The highest BCUT2D eigenvalue weighted by molar-refractivity contribution is 8.15. The van der Waals surface area contributed by atoms with Crippen molar-refractivity contribution in [2.75, 3.05) is 41.6 Å². The number of carbonyl (C=O) groups excluding carboxylic acids is 2. The third-order valence-corrected chi connectivity index (χ3v) is 8.04. The van der Waals surface area contributed by atoms with Crippen molar-refractivity contribution >= 4 is 45.9 Å². The Morgan fingerprint density at radius 3 is 2.44 bits per heavy atom. The quantitative estimate of drug-likeness (QED) is 0.168.